The third-order valence-electron chi connectivity index (χ3n) is 6.99. The van der Waals surface area contributed by atoms with E-state index in [1.165, 1.54) is 6.92 Å². The molecule has 0 saturated carbocycles. The zero-order valence-electron chi connectivity index (χ0n) is 27.3. The van der Waals surface area contributed by atoms with E-state index in [2.05, 4.69) is 0 Å². The van der Waals surface area contributed by atoms with Gasteiger partial charge in [0.2, 0.25) is 0 Å². The lowest BCUT2D eigenvalue weighted by Gasteiger charge is -2.47. The van der Waals surface area contributed by atoms with Gasteiger partial charge in [-0.05, 0) is 13.3 Å². The van der Waals surface area contributed by atoms with Crippen LogP contribution in [0.2, 0.25) is 0 Å². The molecule has 2 saturated heterocycles. The van der Waals surface area contributed by atoms with Gasteiger partial charge in [0.25, 0.3) is 0 Å². The molecule has 0 aromatic rings. The van der Waals surface area contributed by atoms with Gasteiger partial charge in [-0.25, -0.2) is 0 Å². The van der Waals surface area contributed by atoms with Crippen molar-refractivity contribution in [3.63, 3.8) is 0 Å². The Balaban J connectivity index is 2.45. The van der Waals surface area contributed by atoms with Gasteiger partial charge >= 0.3 is 29.8 Å². The first-order valence-electron chi connectivity index (χ1n) is 15.2. The van der Waals surface area contributed by atoms with Crippen molar-refractivity contribution in [2.75, 3.05) is 6.61 Å². The summed E-state index contributed by atoms with van der Waals surface area (Å²) >= 11 is 0. The van der Waals surface area contributed by atoms with Gasteiger partial charge in [-0.3, -0.25) is 24.0 Å². The summed E-state index contributed by atoms with van der Waals surface area (Å²) in [7, 11) is 0. The number of esters is 5. The van der Waals surface area contributed by atoms with Crippen LogP contribution in [0.15, 0.2) is 0 Å². The molecule has 0 radical (unpaired) electrons. The van der Waals surface area contributed by atoms with E-state index in [1.54, 1.807) is 48.5 Å². The molecule has 0 bridgehead atoms. The van der Waals surface area contributed by atoms with Crippen molar-refractivity contribution in [1.29, 1.82) is 0 Å². The highest BCUT2D eigenvalue weighted by Gasteiger charge is 2.55. The Morgan fingerprint density at radius 3 is 1.78 bits per heavy atom. The van der Waals surface area contributed by atoms with Crippen LogP contribution < -0.4 is 0 Å². The lowest BCUT2D eigenvalue weighted by Crippen LogP contribution is -2.66. The van der Waals surface area contributed by atoms with Crippen LogP contribution in [0.3, 0.4) is 0 Å². The molecular formula is C30H48O15. The molecule has 15 heteroatoms. The highest BCUT2D eigenvalue weighted by molar-refractivity contribution is 5.73. The second kappa shape index (κ2) is 17.2. The number of hydrogen-bond acceptors (Lipinski definition) is 15. The minimum Gasteiger partial charge on any atom is -0.463 e. The molecule has 0 aromatic carbocycles. The Morgan fingerprint density at radius 1 is 0.711 bits per heavy atom. The topological polar surface area (TPSA) is 200 Å². The molecule has 2 aliphatic heterocycles. The standard InChI is InChI=1S/C30H48O15/c1-10-11-19(32)42-25-24(40-17(9)31)21(43-27(35)14(4)5)16(8)39-30(25)45-23-20(33)22(44-28(36)15(6)7)18(41-29(23)37)12-38-26(34)13(2)3/h13-16,18,20-25,29-30,33,37H,10-12H2,1-9H3/t16?,18?,20-,21-,22+,23?,24-,25?,29+,30-/m0/s1. The highest BCUT2D eigenvalue weighted by atomic mass is 16.8. The maximum absolute atomic E-state index is 12.7. The number of aliphatic hydroxyl groups is 2. The van der Waals surface area contributed by atoms with Crippen LogP contribution in [0.1, 0.15) is 75.2 Å². The van der Waals surface area contributed by atoms with Crippen molar-refractivity contribution in [1.82, 2.24) is 0 Å². The molecule has 15 nitrogen and oxygen atoms in total. The summed E-state index contributed by atoms with van der Waals surface area (Å²) in [5.41, 5.74) is 0. The summed E-state index contributed by atoms with van der Waals surface area (Å²) in [5.74, 6) is -5.06. The Hall–Kier alpha value is -2.85. The van der Waals surface area contributed by atoms with Crippen LogP contribution in [0.5, 0.6) is 0 Å². The van der Waals surface area contributed by atoms with Crippen molar-refractivity contribution < 1.29 is 72.1 Å². The van der Waals surface area contributed by atoms with Crippen LogP contribution in [0.25, 0.3) is 0 Å². The van der Waals surface area contributed by atoms with Gasteiger partial charge in [0.05, 0.1) is 23.9 Å². The fraction of sp³-hybridized carbons (Fsp3) is 0.833. The first kappa shape index (κ1) is 38.3. The zero-order chi connectivity index (χ0) is 34.2. The smallest absolute Gasteiger partial charge is 0.308 e. The Labute approximate surface area is 263 Å². The van der Waals surface area contributed by atoms with E-state index >= 15 is 0 Å². The molecule has 2 heterocycles. The van der Waals surface area contributed by atoms with E-state index in [9.17, 15) is 34.2 Å². The molecular weight excluding hydrogens is 600 g/mol. The van der Waals surface area contributed by atoms with E-state index in [0.717, 1.165) is 6.92 Å². The normalized spacial score (nSPS) is 31.8. The van der Waals surface area contributed by atoms with Gasteiger partial charge in [-0.1, -0.05) is 48.5 Å². The van der Waals surface area contributed by atoms with Crippen LogP contribution in [0.4, 0.5) is 0 Å². The molecule has 45 heavy (non-hydrogen) atoms. The monoisotopic (exact) mass is 648 g/mol. The number of carbonyl (C=O) groups excluding carboxylic acids is 5. The van der Waals surface area contributed by atoms with E-state index in [-0.39, 0.29) is 6.42 Å². The maximum atomic E-state index is 12.7. The van der Waals surface area contributed by atoms with E-state index in [1.807, 2.05) is 0 Å². The third kappa shape index (κ3) is 10.6. The molecule has 0 amide bonds. The summed E-state index contributed by atoms with van der Waals surface area (Å²) in [6.07, 6.45) is -14.5. The zero-order valence-corrected chi connectivity index (χ0v) is 27.3. The molecule has 4 unspecified atom stereocenters. The molecule has 2 fully saturated rings. The average molecular weight is 649 g/mol. The van der Waals surface area contributed by atoms with Gasteiger partial charge in [0.15, 0.2) is 37.0 Å². The Bertz CT molecular complexity index is 1030. The minimum absolute atomic E-state index is 0.0240. The Kier molecular flexibility index (Phi) is 14.6. The maximum Gasteiger partial charge on any atom is 0.308 e. The Morgan fingerprint density at radius 2 is 1.27 bits per heavy atom. The summed E-state index contributed by atoms with van der Waals surface area (Å²) in [6.45, 7) is 13.5. The molecule has 0 aliphatic carbocycles. The number of rotatable bonds is 13. The molecule has 2 rings (SSSR count). The molecule has 2 aliphatic rings. The lowest BCUT2D eigenvalue weighted by molar-refractivity contribution is -0.360. The summed E-state index contributed by atoms with van der Waals surface area (Å²) < 4.78 is 44.9. The average Bonchev–Trinajstić information content (AvgIpc) is 2.94. The van der Waals surface area contributed by atoms with E-state index in [0.29, 0.717) is 6.42 Å². The number of hydrogen-bond donors (Lipinski definition) is 2. The van der Waals surface area contributed by atoms with E-state index in [4.69, 9.17) is 37.9 Å². The van der Waals surface area contributed by atoms with Crippen LogP contribution in [-0.2, 0) is 61.9 Å². The van der Waals surface area contributed by atoms with Crippen LogP contribution in [-0.4, -0.2) is 108 Å². The second-order valence-corrected chi connectivity index (χ2v) is 12.0. The van der Waals surface area contributed by atoms with Gasteiger partial charge in [-0.2, -0.15) is 0 Å². The largest absolute Gasteiger partial charge is 0.463 e. The van der Waals surface area contributed by atoms with Crippen LogP contribution >= 0.6 is 0 Å². The van der Waals surface area contributed by atoms with Crippen molar-refractivity contribution in [2.24, 2.45) is 17.8 Å². The first-order chi connectivity index (χ1) is 21.0. The van der Waals surface area contributed by atoms with E-state index < -0.39 is 116 Å². The predicted octanol–water partition coefficient (Wildman–Crippen LogP) is 1.17. The van der Waals surface area contributed by atoms with Crippen molar-refractivity contribution in [3.05, 3.63) is 0 Å². The number of ether oxygens (including phenoxy) is 8. The lowest BCUT2D eigenvalue weighted by atomic mass is 9.96. The van der Waals surface area contributed by atoms with Gasteiger partial charge in [0, 0.05) is 13.3 Å². The van der Waals surface area contributed by atoms with Gasteiger partial charge < -0.3 is 48.1 Å². The minimum atomic E-state index is -1.88. The first-order valence-corrected chi connectivity index (χ1v) is 15.2. The molecule has 0 aromatic heterocycles. The van der Waals surface area contributed by atoms with Crippen molar-refractivity contribution >= 4 is 29.8 Å². The number of carbonyl (C=O) groups is 5. The molecule has 2 N–H and O–H groups in total. The predicted molar refractivity (Wildman–Crippen MR) is 152 cm³/mol. The molecule has 10 atom stereocenters. The summed E-state index contributed by atoms with van der Waals surface area (Å²) in [4.78, 5) is 62.0. The van der Waals surface area contributed by atoms with Gasteiger partial charge in [-0.15, -0.1) is 0 Å². The fourth-order valence-electron chi connectivity index (χ4n) is 4.47. The summed E-state index contributed by atoms with van der Waals surface area (Å²) in [6, 6.07) is 0. The summed E-state index contributed by atoms with van der Waals surface area (Å²) in [5, 5.41) is 22.3. The quantitative estimate of drug-likeness (QED) is 0.213. The number of aliphatic hydroxyl groups excluding tert-OH is 2. The van der Waals surface area contributed by atoms with Crippen LogP contribution in [0, 0.1) is 17.8 Å². The van der Waals surface area contributed by atoms with Gasteiger partial charge in [0.1, 0.15) is 24.9 Å². The second-order valence-electron chi connectivity index (χ2n) is 12.0. The highest BCUT2D eigenvalue weighted by Crippen LogP contribution is 2.34. The third-order valence-corrected chi connectivity index (χ3v) is 6.99. The fourth-order valence-corrected chi connectivity index (χ4v) is 4.47. The molecule has 258 valence electrons. The van der Waals surface area contributed by atoms with Crippen molar-refractivity contribution in [2.45, 2.75) is 137 Å². The molecule has 0 spiro atoms. The van der Waals surface area contributed by atoms with Crippen molar-refractivity contribution in [3.8, 4) is 0 Å². The SMILES string of the molecule is CCCC(=O)OC1[C@H](OC2[C@H](O)OC(COC(=O)C(C)C)[C@@H](OC(=O)C(C)C)[C@@H]2O)OC(C)[C@H](OC(=O)C(C)C)[C@@H]1OC(C)=O.